The number of aromatic nitrogens is 3. The van der Waals surface area contributed by atoms with Gasteiger partial charge in [0.2, 0.25) is 5.91 Å². The molecule has 5 rings (SSSR count). The first-order chi connectivity index (χ1) is 22.6. The molecule has 48 heavy (non-hydrogen) atoms. The van der Waals surface area contributed by atoms with Crippen molar-refractivity contribution in [2.45, 2.75) is 36.3 Å². The maximum absolute atomic E-state index is 15.1. The highest BCUT2D eigenvalue weighted by Crippen LogP contribution is 2.37. The van der Waals surface area contributed by atoms with Crippen molar-refractivity contribution in [3.63, 3.8) is 0 Å². The Morgan fingerprint density at radius 3 is 2.50 bits per heavy atom. The summed E-state index contributed by atoms with van der Waals surface area (Å²) in [5, 5.41) is 6.52. The number of hydrogen-bond donors (Lipinski definition) is 1. The molecule has 1 saturated heterocycles. The minimum Gasteiger partial charge on any atom is -0.491 e. The lowest BCUT2D eigenvalue weighted by molar-refractivity contribution is -0.136. The van der Waals surface area contributed by atoms with Gasteiger partial charge in [-0.3, -0.25) is 9.69 Å². The van der Waals surface area contributed by atoms with Crippen molar-refractivity contribution in [1.82, 2.24) is 14.8 Å². The summed E-state index contributed by atoms with van der Waals surface area (Å²) in [6.07, 6.45) is -4.37. The summed E-state index contributed by atoms with van der Waals surface area (Å²) < 4.78 is 97.4. The van der Waals surface area contributed by atoms with Crippen LogP contribution in [0, 0.1) is 12.7 Å². The van der Waals surface area contributed by atoms with Crippen LogP contribution in [-0.4, -0.2) is 55.9 Å². The summed E-state index contributed by atoms with van der Waals surface area (Å²) in [4.78, 5) is 34.8. The number of hydrogen-bond acceptors (Lipinski definition) is 7. The molecule has 1 aliphatic heterocycles. The average molecular weight is 713 g/mol. The molecule has 9 nitrogen and oxygen atoms in total. The number of aryl methyl sites for hydroxylation is 1. The molecule has 1 aromatic heterocycles. The number of anilines is 2. The van der Waals surface area contributed by atoms with Gasteiger partial charge >= 0.3 is 17.7 Å². The summed E-state index contributed by atoms with van der Waals surface area (Å²) in [6.45, 7) is 1.47. The van der Waals surface area contributed by atoms with Crippen LogP contribution in [0.2, 0.25) is 0 Å². The van der Waals surface area contributed by atoms with Crippen LogP contribution in [0.3, 0.4) is 0 Å². The molecule has 1 fully saturated rings. The number of carbonyl (C=O) groups is 2. The fourth-order valence-corrected chi connectivity index (χ4v) is 5.76. The molecule has 0 aliphatic carbocycles. The summed E-state index contributed by atoms with van der Waals surface area (Å²) in [6, 6.07) is 12.9. The van der Waals surface area contributed by atoms with Gasteiger partial charge in [-0.1, -0.05) is 17.8 Å². The minimum atomic E-state index is -4.42. The Kier molecular flexibility index (Phi) is 10.3. The van der Waals surface area contributed by atoms with Crippen LogP contribution in [0.1, 0.15) is 18.4 Å². The predicted molar refractivity (Wildman–Crippen MR) is 167 cm³/mol. The molecule has 4 aromatic rings. The molecule has 1 aliphatic rings. The highest BCUT2D eigenvalue weighted by atomic mass is 32.2. The molecule has 0 unspecified atom stereocenters. The maximum atomic E-state index is 15.1. The molecular formula is C30H23F7N6O3S2. The fourth-order valence-electron chi connectivity index (χ4n) is 4.37. The Hall–Kier alpha value is -4.58. The minimum absolute atomic E-state index is 0.00509. The van der Waals surface area contributed by atoms with Gasteiger partial charge in [0.05, 0.1) is 29.4 Å². The standard InChI is InChI=1S/C30H23F7N6O3S2/c1-17-3-10-24(46-12-2-11-29(32,33)34)23(13-17)43-25(44)15-47-28(43)40-27(45)39-22-9-4-18(14-21(22)31)26-38-16-42(41-26)19-5-7-20(8-6-19)48-30(35,36)37/h3-10,13-14,16H,2,11-12,15H2,1H3,(H,39,45)/b40-28-. The highest BCUT2D eigenvalue weighted by molar-refractivity contribution is 8.15. The molecule has 3 amide bonds. The van der Waals surface area contributed by atoms with Crippen molar-refractivity contribution < 1.29 is 45.1 Å². The van der Waals surface area contributed by atoms with Crippen LogP contribution in [0.25, 0.3) is 17.1 Å². The van der Waals surface area contributed by atoms with Gasteiger partial charge < -0.3 is 10.1 Å². The molecule has 252 valence electrons. The number of benzene rings is 3. The van der Waals surface area contributed by atoms with Crippen molar-refractivity contribution >= 4 is 52.0 Å². The van der Waals surface area contributed by atoms with E-state index in [2.05, 4.69) is 20.4 Å². The second-order valence-electron chi connectivity index (χ2n) is 10.1. The van der Waals surface area contributed by atoms with Gasteiger partial charge in [-0.05, 0) is 85.3 Å². The first-order valence-electron chi connectivity index (χ1n) is 13.9. The van der Waals surface area contributed by atoms with E-state index in [9.17, 15) is 35.9 Å². The Labute approximate surface area is 276 Å². The number of amides is 3. The lowest BCUT2D eigenvalue weighted by atomic mass is 10.2. The summed E-state index contributed by atoms with van der Waals surface area (Å²) in [7, 11) is 0. The molecule has 1 N–H and O–H groups in total. The van der Waals surface area contributed by atoms with E-state index in [0.717, 1.165) is 22.7 Å². The topological polar surface area (TPSA) is 102 Å². The quantitative estimate of drug-likeness (QED) is 0.106. The van der Waals surface area contributed by atoms with E-state index in [1.807, 2.05) is 0 Å². The largest absolute Gasteiger partial charge is 0.491 e. The van der Waals surface area contributed by atoms with Gasteiger partial charge in [0, 0.05) is 16.9 Å². The zero-order valence-corrected chi connectivity index (χ0v) is 26.2. The van der Waals surface area contributed by atoms with Crippen molar-refractivity contribution in [1.29, 1.82) is 0 Å². The molecule has 18 heteroatoms. The van der Waals surface area contributed by atoms with E-state index in [4.69, 9.17) is 4.74 Å². The van der Waals surface area contributed by atoms with Gasteiger partial charge in [-0.2, -0.15) is 31.3 Å². The number of ether oxygens (including phenoxy) is 1. The number of nitrogens with one attached hydrogen (secondary N) is 1. The van der Waals surface area contributed by atoms with Gasteiger partial charge in [-0.25, -0.2) is 18.9 Å². The lowest BCUT2D eigenvalue weighted by Gasteiger charge is -2.20. The number of carbonyl (C=O) groups excluding carboxylic acids is 2. The monoisotopic (exact) mass is 712 g/mol. The van der Waals surface area contributed by atoms with Crippen LogP contribution < -0.4 is 15.0 Å². The SMILES string of the molecule is Cc1ccc(OCCCC(F)(F)F)c(N2C(=O)CS/C2=N\C(=O)Nc2ccc(-c3ncn(-c4ccc(SC(F)(F)F)cc4)n3)cc2F)c1. The van der Waals surface area contributed by atoms with E-state index in [-0.39, 0.29) is 69.1 Å². The zero-order chi connectivity index (χ0) is 34.6. The Bertz CT molecular complexity index is 1850. The normalized spacial score (nSPS) is 14.5. The third-order valence-electron chi connectivity index (χ3n) is 6.48. The van der Waals surface area contributed by atoms with Crippen molar-refractivity contribution in [2.75, 3.05) is 22.6 Å². The van der Waals surface area contributed by atoms with Crippen LogP contribution in [0.15, 0.2) is 76.9 Å². The van der Waals surface area contributed by atoms with Gasteiger partial charge in [0.1, 0.15) is 17.9 Å². The Morgan fingerprint density at radius 2 is 1.81 bits per heavy atom. The van der Waals surface area contributed by atoms with Gasteiger partial charge in [0.15, 0.2) is 11.0 Å². The van der Waals surface area contributed by atoms with Crippen LogP contribution in [0.5, 0.6) is 5.75 Å². The Morgan fingerprint density at radius 1 is 1.06 bits per heavy atom. The Balaban J connectivity index is 1.27. The highest BCUT2D eigenvalue weighted by Gasteiger charge is 2.33. The van der Waals surface area contributed by atoms with Crippen LogP contribution in [-0.2, 0) is 4.79 Å². The average Bonchev–Trinajstić information content (AvgIpc) is 3.63. The van der Waals surface area contributed by atoms with E-state index < -0.39 is 35.9 Å². The maximum Gasteiger partial charge on any atom is 0.446 e. The van der Waals surface area contributed by atoms with Crippen molar-refractivity contribution in [2.24, 2.45) is 4.99 Å². The molecule has 0 bridgehead atoms. The molecule has 0 saturated carbocycles. The van der Waals surface area contributed by atoms with E-state index >= 15 is 4.39 Å². The molecular weight excluding hydrogens is 689 g/mol. The van der Waals surface area contributed by atoms with E-state index in [1.165, 1.54) is 53.5 Å². The molecule has 3 aromatic carbocycles. The fraction of sp³-hybridized carbons (Fsp3) is 0.233. The van der Waals surface area contributed by atoms with E-state index in [1.54, 1.807) is 19.1 Å². The smallest absolute Gasteiger partial charge is 0.446 e. The number of nitrogens with zero attached hydrogens (tertiary/aromatic N) is 5. The predicted octanol–water partition coefficient (Wildman–Crippen LogP) is 8.38. The first kappa shape index (κ1) is 34.7. The van der Waals surface area contributed by atoms with Gasteiger partial charge in [-0.15, -0.1) is 5.10 Å². The number of thioether (sulfide) groups is 2. The van der Waals surface area contributed by atoms with Crippen LogP contribution >= 0.6 is 23.5 Å². The number of rotatable bonds is 9. The number of urea groups is 1. The third kappa shape index (κ3) is 9.06. The number of amidine groups is 1. The van der Waals surface area contributed by atoms with Crippen molar-refractivity contribution in [3.8, 4) is 22.8 Å². The summed E-state index contributed by atoms with van der Waals surface area (Å²) in [5.41, 5.74) is -3.09. The number of aliphatic imine (C=N–C) groups is 1. The molecule has 2 heterocycles. The van der Waals surface area contributed by atoms with Crippen molar-refractivity contribution in [3.05, 3.63) is 78.4 Å². The lowest BCUT2D eigenvalue weighted by Crippen LogP contribution is -2.31. The molecule has 0 atom stereocenters. The summed E-state index contributed by atoms with van der Waals surface area (Å²) in [5.74, 6) is -1.15. The molecule has 0 spiro atoms. The second kappa shape index (κ2) is 14.3. The first-order valence-corrected chi connectivity index (χ1v) is 15.7. The number of alkyl halides is 6. The van der Waals surface area contributed by atoms with Gasteiger partial charge in [0.25, 0.3) is 0 Å². The second-order valence-corrected chi connectivity index (χ2v) is 12.2. The van der Waals surface area contributed by atoms with Crippen LogP contribution in [0.4, 0.5) is 46.9 Å². The third-order valence-corrected chi connectivity index (χ3v) is 8.14. The molecule has 0 radical (unpaired) electrons. The zero-order valence-electron chi connectivity index (χ0n) is 24.6. The van der Waals surface area contributed by atoms with E-state index in [0.29, 0.717) is 11.3 Å². The number of halogens is 7. The summed E-state index contributed by atoms with van der Waals surface area (Å²) >= 11 is 0.692.